The van der Waals surface area contributed by atoms with Crippen LogP contribution in [0.1, 0.15) is 5.56 Å². The van der Waals surface area contributed by atoms with E-state index in [4.69, 9.17) is 4.42 Å². The summed E-state index contributed by atoms with van der Waals surface area (Å²) in [7, 11) is 0. The van der Waals surface area contributed by atoms with Crippen LogP contribution in [-0.2, 0) is 0 Å². The van der Waals surface area contributed by atoms with Crippen LogP contribution in [0.5, 0.6) is 0 Å². The lowest BCUT2D eigenvalue weighted by Crippen LogP contribution is -1.87. The molecule has 1 aromatic heterocycles. The van der Waals surface area contributed by atoms with Gasteiger partial charge in [-0.05, 0) is 59.0 Å². The molecule has 0 saturated carbocycles. The summed E-state index contributed by atoms with van der Waals surface area (Å²) in [6.45, 7) is 2.12. The van der Waals surface area contributed by atoms with Gasteiger partial charge in [-0.15, -0.1) is 0 Å². The highest BCUT2D eigenvalue weighted by Crippen LogP contribution is 2.39. The number of hydrogen-bond donors (Lipinski definition) is 0. The van der Waals surface area contributed by atoms with Gasteiger partial charge in [0.25, 0.3) is 0 Å². The van der Waals surface area contributed by atoms with Crippen molar-refractivity contribution in [2.45, 2.75) is 6.92 Å². The molecule has 0 aliphatic rings. The molecule has 6 rings (SSSR count). The smallest absolute Gasteiger partial charge is 0.143 e. The van der Waals surface area contributed by atoms with Crippen molar-refractivity contribution >= 4 is 21.9 Å². The Bertz CT molecular complexity index is 1550. The number of rotatable bonds is 3. The molecule has 6 aromatic rings. The first-order chi connectivity index (χ1) is 15.8. The molecule has 1 nitrogen and oxygen atoms in total. The summed E-state index contributed by atoms with van der Waals surface area (Å²) in [5.41, 5.74) is 10.2. The molecule has 0 N–H and O–H groups in total. The minimum atomic E-state index is 0.924. The Labute approximate surface area is 187 Å². The lowest BCUT2D eigenvalue weighted by Gasteiger charge is -2.12. The fourth-order valence-electron chi connectivity index (χ4n) is 4.47. The van der Waals surface area contributed by atoms with E-state index in [-0.39, 0.29) is 0 Å². The van der Waals surface area contributed by atoms with E-state index in [2.05, 4.69) is 110 Å². The summed E-state index contributed by atoms with van der Waals surface area (Å²) in [5, 5.41) is 2.31. The first kappa shape index (κ1) is 18.7. The van der Waals surface area contributed by atoms with Gasteiger partial charge in [-0.3, -0.25) is 0 Å². The number of furan rings is 1. The van der Waals surface area contributed by atoms with Gasteiger partial charge in [0.15, 0.2) is 0 Å². The van der Waals surface area contributed by atoms with Crippen LogP contribution in [0.3, 0.4) is 0 Å². The Hall–Kier alpha value is -4.10. The second kappa shape index (κ2) is 7.55. The van der Waals surface area contributed by atoms with Crippen LogP contribution in [0, 0.1) is 6.92 Å². The summed E-state index contributed by atoms with van der Waals surface area (Å²) in [4.78, 5) is 0. The monoisotopic (exact) mass is 410 g/mol. The molecule has 0 amide bonds. The van der Waals surface area contributed by atoms with Gasteiger partial charge < -0.3 is 4.42 Å². The average molecular weight is 411 g/mol. The van der Waals surface area contributed by atoms with Gasteiger partial charge in [0.2, 0.25) is 0 Å². The van der Waals surface area contributed by atoms with E-state index in [9.17, 15) is 0 Å². The quantitative estimate of drug-likeness (QED) is 0.284. The van der Waals surface area contributed by atoms with E-state index >= 15 is 0 Å². The summed E-state index contributed by atoms with van der Waals surface area (Å²) >= 11 is 0. The molecule has 1 heterocycles. The molecule has 32 heavy (non-hydrogen) atoms. The van der Waals surface area contributed by atoms with Crippen LogP contribution in [0.4, 0.5) is 0 Å². The standard InChI is InChI=1S/C31H22O/c1-21-14-16-23(17-15-21)25-18-24(22-8-3-2-4-9-22)19-26(20-25)27-11-7-12-29-28-10-5-6-13-30(28)32-31(27)29/h2-20H,1H3. The van der Waals surface area contributed by atoms with E-state index in [0.717, 1.165) is 33.1 Å². The lowest BCUT2D eigenvalue weighted by molar-refractivity contribution is 0.670. The summed E-state index contributed by atoms with van der Waals surface area (Å²) < 4.78 is 6.34. The SMILES string of the molecule is Cc1ccc(-c2cc(-c3ccccc3)cc(-c3cccc4c3oc3ccccc34)c2)cc1. The normalized spacial score (nSPS) is 11.3. The third-order valence-electron chi connectivity index (χ3n) is 6.14. The van der Waals surface area contributed by atoms with Crippen LogP contribution in [0.25, 0.3) is 55.3 Å². The lowest BCUT2D eigenvalue weighted by atomic mass is 9.92. The highest BCUT2D eigenvalue weighted by molar-refractivity contribution is 6.09. The zero-order chi connectivity index (χ0) is 21.5. The topological polar surface area (TPSA) is 13.1 Å². The average Bonchev–Trinajstić information content (AvgIpc) is 3.24. The van der Waals surface area contributed by atoms with Crippen LogP contribution in [0.15, 0.2) is 120 Å². The zero-order valence-corrected chi connectivity index (χ0v) is 17.9. The Morgan fingerprint density at radius 3 is 1.88 bits per heavy atom. The minimum absolute atomic E-state index is 0.924. The Morgan fingerprint density at radius 1 is 0.469 bits per heavy atom. The first-order valence-corrected chi connectivity index (χ1v) is 10.9. The van der Waals surface area contributed by atoms with Gasteiger partial charge >= 0.3 is 0 Å². The number of fused-ring (bicyclic) bond motifs is 3. The number of aryl methyl sites for hydroxylation is 1. The first-order valence-electron chi connectivity index (χ1n) is 10.9. The molecular weight excluding hydrogens is 388 g/mol. The molecule has 0 saturated heterocycles. The third-order valence-corrected chi connectivity index (χ3v) is 6.14. The molecule has 0 aliphatic heterocycles. The maximum Gasteiger partial charge on any atom is 0.143 e. The third kappa shape index (κ3) is 3.19. The van der Waals surface area contributed by atoms with Gasteiger partial charge in [-0.25, -0.2) is 0 Å². The van der Waals surface area contributed by atoms with Gasteiger partial charge in [0, 0.05) is 16.3 Å². The zero-order valence-electron chi connectivity index (χ0n) is 17.9. The van der Waals surface area contributed by atoms with E-state index in [1.807, 2.05) is 12.1 Å². The molecule has 1 heteroatoms. The van der Waals surface area contributed by atoms with Crippen molar-refractivity contribution in [1.82, 2.24) is 0 Å². The molecular formula is C31H22O. The van der Waals surface area contributed by atoms with Crippen molar-refractivity contribution in [3.8, 4) is 33.4 Å². The second-order valence-electron chi connectivity index (χ2n) is 8.31. The molecule has 0 bridgehead atoms. The number of para-hydroxylation sites is 2. The van der Waals surface area contributed by atoms with Crippen LogP contribution in [-0.4, -0.2) is 0 Å². The molecule has 152 valence electrons. The highest BCUT2D eigenvalue weighted by atomic mass is 16.3. The molecule has 0 radical (unpaired) electrons. The van der Waals surface area contributed by atoms with Crippen LogP contribution >= 0.6 is 0 Å². The minimum Gasteiger partial charge on any atom is -0.455 e. The maximum atomic E-state index is 6.34. The van der Waals surface area contributed by atoms with Crippen molar-refractivity contribution in [2.24, 2.45) is 0 Å². The van der Waals surface area contributed by atoms with Gasteiger partial charge in [-0.2, -0.15) is 0 Å². The fourth-order valence-corrected chi connectivity index (χ4v) is 4.47. The molecule has 0 unspecified atom stereocenters. The summed E-state index contributed by atoms with van der Waals surface area (Å²) in [6, 6.07) is 40.8. The van der Waals surface area contributed by atoms with Crippen molar-refractivity contribution < 1.29 is 4.42 Å². The molecule has 0 spiro atoms. The Morgan fingerprint density at radius 2 is 1.09 bits per heavy atom. The van der Waals surface area contributed by atoms with E-state index in [0.29, 0.717) is 0 Å². The van der Waals surface area contributed by atoms with E-state index < -0.39 is 0 Å². The molecule has 0 atom stereocenters. The maximum absolute atomic E-state index is 6.34. The fraction of sp³-hybridized carbons (Fsp3) is 0.0323. The van der Waals surface area contributed by atoms with E-state index in [1.54, 1.807) is 0 Å². The molecule has 0 fully saturated rings. The van der Waals surface area contributed by atoms with E-state index in [1.165, 1.54) is 27.8 Å². The molecule has 5 aromatic carbocycles. The second-order valence-corrected chi connectivity index (χ2v) is 8.31. The van der Waals surface area contributed by atoms with Gasteiger partial charge in [0.1, 0.15) is 11.2 Å². The predicted octanol–water partition coefficient (Wildman–Crippen LogP) is 8.90. The van der Waals surface area contributed by atoms with Crippen molar-refractivity contribution in [3.63, 3.8) is 0 Å². The highest BCUT2D eigenvalue weighted by Gasteiger charge is 2.14. The van der Waals surface area contributed by atoms with Crippen molar-refractivity contribution in [1.29, 1.82) is 0 Å². The predicted molar refractivity (Wildman–Crippen MR) is 135 cm³/mol. The van der Waals surface area contributed by atoms with Crippen molar-refractivity contribution in [3.05, 3.63) is 121 Å². The molecule has 0 aliphatic carbocycles. The van der Waals surface area contributed by atoms with Crippen LogP contribution < -0.4 is 0 Å². The Kier molecular flexibility index (Phi) is 4.40. The number of benzene rings is 5. The Balaban J connectivity index is 1.62. The number of hydrogen-bond acceptors (Lipinski definition) is 1. The summed E-state index contributed by atoms with van der Waals surface area (Å²) in [5.74, 6) is 0. The summed E-state index contributed by atoms with van der Waals surface area (Å²) in [6.07, 6.45) is 0. The van der Waals surface area contributed by atoms with Gasteiger partial charge in [-0.1, -0.05) is 96.6 Å². The van der Waals surface area contributed by atoms with Crippen LogP contribution in [0.2, 0.25) is 0 Å². The largest absolute Gasteiger partial charge is 0.455 e. The van der Waals surface area contributed by atoms with Gasteiger partial charge in [0.05, 0.1) is 0 Å². The van der Waals surface area contributed by atoms with Crippen molar-refractivity contribution in [2.75, 3.05) is 0 Å².